The monoisotopic (exact) mass is 339 g/mol. The van der Waals surface area contributed by atoms with Gasteiger partial charge < -0.3 is 19.6 Å². The van der Waals surface area contributed by atoms with Gasteiger partial charge in [-0.25, -0.2) is 4.79 Å². The SMILES string of the molecule is O=C(COc1ccc2ccc(=O)oc2c1)NC[C@H](O)c1ccccc1. The maximum Gasteiger partial charge on any atom is 0.336 e. The van der Waals surface area contributed by atoms with Crippen molar-refractivity contribution in [1.82, 2.24) is 5.32 Å². The van der Waals surface area contributed by atoms with E-state index in [0.29, 0.717) is 11.3 Å². The number of carbonyl (C=O) groups is 1. The Kier molecular flexibility index (Phi) is 5.11. The highest BCUT2D eigenvalue weighted by Gasteiger charge is 2.10. The van der Waals surface area contributed by atoms with Crippen molar-refractivity contribution in [3.63, 3.8) is 0 Å². The van der Waals surface area contributed by atoms with E-state index in [2.05, 4.69) is 5.32 Å². The van der Waals surface area contributed by atoms with E-state index in [4.69, 9.17) is 9.15 Å². The normalized spacial score (nSPS) is 11.9. The largest absolute Gasteiger partial charge is 0.484 e. The first-order valence-corrected chi connectivity index (χ1v) is 7.78. The first-order chi connectivity index (χ1) is 12.1. The molecule has 1 amide bonds. The lowest BCUT2D eigenvalue weighted by atomic mass is 10.1. The van der Waals surface area contributed by atoms with Crippen LogP contribution in [-0.2, 0) is 4.79 Å². The average Bonchev–Trinajstić information content (AvgIpc) is 2.64. The Morgan fingerprint density at radius 2 is 1.88 bits per heavy atom. The van der Waals surface area contributed by atoms with Crippen LogP contribution >= 0.6 is 0 Å². The van der Waals surface area contributed by atoms with Crippen molar-refractivity contribution in [2.45, 2.75) is 6.10 Å². The number of ether oxygens (including phenoxy) is 1. The zero-order chi connectivity index (χ0) is 17.6. The molecule has 0 saturated carbocycles. The number of amides is 1. The lowest BCUT2D eigenvalue weighted by Gasteiger charge is -2.12. The molecule has 2 aromatic carbocycles. The van der Waals surface area contributed by atoms with E-state index in [1.807, 2.05) is 18.2 Å². The van der Waals surface area contributed by atoms with Crippen molar-refractivity contribution >= 4 is 16.9 Å². The Balaban J connectivity index is 1.53. The summed E-state index contributed by atoms with van der Waals surface area (Å²) in [5.74, 6) is 0.0604. The number of hydrogen-bond acceptors (Lipinski definition) is 5. The van der Waals surface area contributed by atoms with Crippen LogP contribution < -0.4 is 15.7 Å². The maximum absolute atomic E-state index is 11.8. The van der Waals surface area contributed by atoms with E-state index in [1.165, 1.54) is 6.07 Å². The van der Waals surface area contributed by atoms with Gasteiger partial charge in [-0.05, 0) is 23.8 Å². The van der Waals surface area contributed by atoms with Gasteiger partial charge in [0.15, 0.2) is 6.61 Å². The smallest absolute Gasteiger partial charge is 0.336 e. The van der Waals surface area contributed by atoms with Crippen molar-refractivity contribution in [1.29, 1.82) is 0 Å². The van der Waals surface area contributed by atoms with Gasteiger partial charge in [0.2, 0.25) is 0 Å². The lowest BCUT2D eigenvalue weighted by Crippen LogP contribution is -2.32. The molecule has 1 heterocycles. The number of aliphatic hydroxyl groups is 1. The molecule has 0 spiro atoms. The summed E-state index contributed by atoms with van der Waals surface area (Å²) < 4.78 is 10.5. The molecule has 25 heavy (non-hydrogen) atoms. The highest BCUT2D eigenvalue weighted by Crippen LogP contribution is 2.19. The minimum Gasteiger partial charge on any atom is -0.484 e. The molecule has 6 heteroatoms. The summed E-state index contributed by atoms with van der Waals surface area (Å²) in [6.45, 7) is -0.108. The van der Waals surface area contributed by atoms with Gasteiger partial charge >= 0.3 is 5.63 Å². The second-order valence-corrected chi connectivity index (χ2v) is 5.47. The van der Waals surface area contributed by atoms with Crippen LogP contribution in [0.5, 0.6) is 5.75 Å². The van der Waals surface area contributed by atoms with Crippen LogP contribution in [0.2, 0.25) is 0 Å². The van der Waals surface area contributed by atoms with Crippen molar-refractivity contribution in [2.75, 3.05) is 13.2 Å². The van der Waals surface area contributed by atoms with Crippen LogP contribution in [0.4, 0.5) is 0 Å². The maximum atomic E-state index is 11.8. The molecule has 1 atom stereocenters. The van der Waals surface area contributed by atoms with Crippen molar-refractivity contribution in [3.05, 3.63) is 76.6 Å². The summed E-state index contributed by atoms with van der Waals surface area (Å²) >= 11 is 0. The average molecular weight is 339 g/mol. The summed E-state index contributed by atoms with van der Waals surface area (Å²) in [5, 5.41) is 13.4. The summed E-state index contributed by atoms with van der Waals surface area (Å²) in [6.07, 6.45) is -0.778. The first-order valence-electron chi connectivity index (χ1n) is 7.78. The Morgan fingerprint density at radius 1 is 1.12 bits per heavy atom. The van der Waals surface area contributed by atoms with E-state index in [-0.39, 0.29) is 19.1 Å². The fourth-order valence-corrected chi connectivity index (χ4v) is 2.33. The van der Waals surface area contributed by atoms with Crippen LogP contribution in [0.3, 0.4) is 0 Å². The Labute approximate surface area is 143 Å². The molecular weight excluding hydrogens is 322 g/mol. The molecule has 1 aromatic heterocycles. The zero-order valence-corrected chi connectivity index (χ0v) is 13.3. The topological polar surface area (TPSA) is 88.8 Å². The third kappa shape index (κ3) is 4.45. The molecule has 0 saturated heterocycles. The van der Waals surface area contributed by atoms with Gasteiger partial charge in [-0.3, -0.25) is 4.79 Å². The highest BCUT2D eigenvalue weighted by molar-refractivity contribution is 5.79. The molecule has 3 rings (SSSR count). The molecule has 0 radical (unpaired) electrons. The quantitative estimate of drug-likeness (QED) is 0.671. The van der Waals surface area contributed by atoms with Crippen molar-refractivity contribution in [3.8, 4) is 5.75 Å². The van der Waals surface area contributed by atoms with Gasteiger partial charge in [-0.2, -0.15) is 0 Å². The summed E-state index contributed by atoms with van der Waals surface area (Å²) in [7, 11) is 0. The minimum atomic E-state index is -0.778. The summed E-state index contributed by atoms with van der Waals surface area (Å²) in [6, 6.07) is 17.1. The number of aliphatic hydroxyl groups excluding tert-OH is 1. The van der Waals surface area contributed by atoms with Gasteiger partial charge in [0.1, 0.15) is 11.3 Å². The van der Waals surface area contributed by atoms with E-state index in [0.717, 1.165) is 10.9 Å². The number of rotatable bonds is 6. The molecule has 2 N–H and O–H groups in total. The molecule has 3 aromatic rings. The predicted octanol–water partition coefficient (Wildman–Crippen LogP) is 2.02. The molecular formula is C19H17NO5. The lowest BCUT2D eigenvalue weighted by molar-refractivity contribution is -0.123. The molecule has 0 bridgehead atoms. The van der Waals surface area contributed by atoms with Crippen LogP contribution in [0.25, 0.3) is 11.0 Å². The van der Waals surface area contributed by atoms with E-state index in [1.54, 1.807) is 36.4 Å². The fraction of sp³-hybridized carbons (Fsp3) is 0.158. The molecule has 0 aliphatic heterocycles. The second-order valence-electron chi connectivity index (χ2n) is 5.47. The number of hydrogen-bond donors (Lipinski definition) is 2. The molecule has 0 aliphatic carbocycles. The van der Waals surface area contributed by atoms with E-state index in [9.17, 15) is 14.7 Å². The van der Waals surface area contributed by atoms with Crippen molar-refractivity contribution in [2.24, 2.45) is 0 Å². The van der Waals surface area contributed by atoms with E-state index >= 15 is 0 Å². The van der Waals surface area contributed by atoms with Crippen LogP contribution in [0.1, 0.15) is 11.7 Å². The minimum absolute atomic E-state index is 0.0960. The molecule has 0 fully saturated rings. The molecule has 128 valence electrons. The Morgan fingerprint density at radius 3 is 2.68 bits per heavy atom. The van der Waals surface area contributed by atoms with Gasteiger partial charge in [0.05, 0.1) is 6.10 Å². The van der Waals surface area contributed by atoms with Gasteiger partial charge in [-0.1, -0.05) is 30.3 Å². The van der Waals surface area contributed by atoms with Crippen LogP contribution in [0.15, 0.2) is 69.9 Å². The third-order valence-electron chi connectivity index (χ3n) is 3.64. The van der Waals surface area contributed by atoms with Gasteiger partial charge in [0, 0.05) is 24.1 Å². The third-order valence-corrected chi connectivity index (χ3v) is 3.64. The number of fused-ring (bicyclic) bond motifs is 1. The predicted molar refractivity (Wildman–Crippen MR) is 92.4 cm³/mol. The number of benzene rings is 2. The van der Waals surface area contributed by atoms with E-state index < -0.39 is 11.7 Å². The van der Waals surface area contributed by atoms with Gasteiger partial charge in [-0.15, -0.1) is 0 Å². The second kappa shape index (κ2) is 7.63. The van der Waals surface area contributed by atoms with Crippen LogP contribution in [-0.4, -0.2) is 24.2 Å². The number of carbonyl (C=O) groups excluding carboxylic acids is 1. The summed E-state index contributed by atoms with van der Waals surface area (Å²) in [4.78, 5) is 23.1. The fourth-order valence-electron chi connectivity index (χ4n) is 2.33. The molecule has 0 aliphatic rings. The molecule has 0 unspecified atom stereocenters. The Bertz CT molecular complexity index is 920. The van der Waals surface area contributed by atoms with Gasteiger partial charge in [0.25, 0.3) is 5.91 Å². The van der Waals surface area contributed by atoms with Crippen LogP contribution in [0, 0.1) is 0 Å². The highest BCUT2D eigenvalue weighted by atomic mass is 16.5. The zero-order valence-electron chi connectivity index (χ0n) is 13.3. The standard InChI is InChI=1S/C19H17NO5/c21-16(13-4-2-1-3-5-13)11-20-18(22)12-24-15-8-6-14-7-9-19(23)25-17(14)10-15/h1-10,16,21H,11-12H2,(H,20,22)/t16-/m0/s1. The summed E-state index contributed by atoms with van der Waals surface area (Å²) in [5.41, 5.74) is 0.676. The van der Waals surface area contributed by atoms with Crippen molar-refractivity contribution < 1.29 is 19.1 Å². The Hall–Kier alpha value is -3.12. The molecule has 6 nitrogen and oxygen atoms in total. The number of nitrogens with one attached hydrogen (secondary N) is 1. The first kappa shape index (κ1) is 16.7.